The number of carbonyl (C=O) groups excluding carboxylic acids is 1. The highest BCUT2D eigenvalue weighted by Gasteiger charge is 2.13. The number of thioether (sulfide) groups is 1. The van der Waals surface area contributed by atoms with E-state index < -0.39 is 0 Å². The van der Waals surface area contributed by atoms with Crippen molar-refractivity contribution in [2.24, 2.45) is 0 Å². The monoisotopic (exact) mass is 307 g/mol. The van der Waals surface area contributed by atoms with E-state index in [0.29, 0.717) is 10.9 Å². The van der Waals surface area contributed by atoms with E-state index >= 15 is 0 Å². The lowest BCUT2D eigenvalue weighted by molar-refractivity contribution is 0.102. The predicted molar refractivity (Wildman–Crippen MR) is 84.6 cm³/mol. The van der Waals surface area contributed by atoms with Gasteiger partial charge in [-0.3, -0.25) is 4.79 Å². The Morgan fingerprint density at radius 1 is 1.30 bits per heavy atom. The molecule has 0 fully saturated rings. The maximum Gasteiger partial charge on any atom is 0.203 e. The number of hydrogen-bond donors (Lipinski definition) is 1. The number of nitrogen functional groups attached to an aromatic ring is 1. The number of aryl methyl sites for hydroxylation is 2. The zero-order valence-electron chi connectivity index (χ0n) is 11.5. The largest absolute Gasteiger partial charge is 0.374 e. The number of hydrogen-bond acceptors (Lipinski definition) is 6. The third kappa shape index (κ3) is 3.58. The van der Waals surface area contributed by atoms with E-state index in [0.717, 1.165) is 28.3 Å². The van der Waals surface area contributed by atoms with Gasteiger partial charge in [-0.15, -0.1) is 10.2 Å². The van der Waals surface area contributed by atoms with Gasteiger partial charge in [0.05, 0.1) is 5.75 Å². The second kappa shape index (κ2) is 6.85. The van der Waals surface area contributed by atoms with Crippen molar-refractivity contribution in [2.75, 3.05) is 11.5 Å². The van der Waals surface area contributed by atoms with E-state index in [1.54, 1.807) is 0 Å². The maximum atomic E-state index is 12.4. The minimum absolute atomic E-state index is 0.135. The number of carbonyl (C=O) groups is 1. The van der Waals surface area contributed by atoms with Crippen LogP contribution in [0.4, 0.5) is 5.13 Å². The van der Waals surface area contributed by atoms with Crippen LogP contribution in [0.25, 0.3) is 0 Å². The van der Waals surface area contributed by atoms with E-state index in [-0.39, 0.29) is 5.78 Å². The van der Waals surface area contributed by atoms with Gasteiger partial charge in [0.2, 0.25) is 5.13 Å². The van der Waals surface area contributed by atoms with Crippen molar-refractivity contribution in [3.8, 4) is 0 Å². The zero-order chi connectivity index (χ0) is 14.5. The topological polar surface area (TPSA) is 68.9 Å². The molecule has 0 saturated heterocycles. The van der Waals surface area contributed by atoms with Crippen LogP contribution in [-0.4, -0.2) is 21.7 Å². The second-order valence-corrected chi connectivity index (χ2v) is 6.55. The van der Waals surface area contributed by atoms with Crippen LogP contribution in [0.2, 0.25) is 0 Å². The predicted octanol–water partition coefficient (Wildman–Crippen LogP) is 3.22. The number of benzene rings is 1. The van der Waals surface area contributed by atoms with Gasteiger partial charge >= 0.3 is 0 Å². The molecular weight excluding hydrogens is 290 g/mol. The first-order chi connectivity index (χ1) is 9.63. The van der Waals surface area contributed by atoms with Crippen LogP contribution < -0.4 is 5.73 Å². The van der Waals surface area contributed by atoms with Gasteiger partial charge in [-0.1, -0.05) is 49.1 Å². The Bertz CT molecular complexity index is 610. The molecule has 4 nitrogen and oxygen atoms in total. The summed E-state index contributed by atoms with van der Waals surface area (Å²) in [6.45, 7) is 4.16. The summed E-state index contributed by atoms with van der Waals surface area (Å²) < 4.78 is 0.737. The molecule has 1 aromatic carbocycles. The molecule has 2 aromatic rings. The molecule has 1 aromatic heterocycles. The zero-order valence-corrected chi connectivity index (χ0v) is 13.2. The fraction of sp³-hybridized carbons (Fsp3) is 0.357. The minimum Gasteiger partial charge on any atom is -0.374 e. The number of aromatic nitrogens is 2. The number of rotatable bonds is 6. The molecule has 1 heterocycles. The summed E-state index contributed by atoms with van der Waals surface area (Å²) >= 11 is 2.70. The number of nitrogens with zero attached hydrogens (tertiary/aromatic N) is 2. The van der Waals surface area contributed by atoms with Crippen LogP contribution in [0, 0.1) is 0 Å². The molecule has 6 heteroatoms. The van der Waals surface area contributed by atoms with Crippen molar-refractivity contribution in [3.05, 3.63) is 34.9 Å². The molecule has 0 saturated carbocycles. The Balaban J connectivity index is 2.11. The maximum absolute atomic E-state index is 12.4. The molecule has 2 rings (SSSR count). The van der Waals surface area contributed by atoms with Crippen molar-refractivity contribution < 1.29 is 4.79 Å². The Labute approximate surface area is 126 Å². The van der Waals surface area contributed by atoms with Crippen molar-refractivity contribution in [3.63, 3.8) is 0 Å². The number of nitrogens with two attached hydrogens (primary N) is 1. The molecule has 0 bridgehead atoms. The Morgan fingerprint density at radius 2 is 2.10 bits per heavy atom. The fourth-order valence-electron chi connectivity index (χ4n) is 1.90. The first-order valence-electron chi connectivity index (χ1n) is 6.50. The third-order valence-electron chi connectivity index (χ3n) is 3.01. The van der Waals surface area contributed by atoms with Gasteiger partial charge in [-0.2, -0.15) is 0 Å². The van der Waals surface area contributed by atoms with Gasteiger partial charge in [0.1, 0.15) is 0 Å². The van der Waals surface area contributed by atoms with Crippen LogP contribution in [0.15, 0.2) is 22.5 Å². The molecular formula is C14H17N3OS2. The fourth-order valence-corrected chi connectivity index (χ4v) is 3.41. The van der Waals surface area contributed by atoms with Crippen molar-refractivity contribution >= 4 is 34.0 Å². The lowest BCUT2D eigenvalue weighted by Crippen LogP contribution is -2.07. The molecule has 0 aliphatic rings. The average molecular weight is 307 g/mol. The molecule has 0 radical (unpaired) electrons. The first-order valence-corrected chi connectivity index (χ1v) is 8.31. The summed E-state index contributed by atoms with van der Waals surface area (Å²) in [5, 5.41) is 8.09. The summed E-state index contributed by atoms with van der Waals surface area (Å²) in [6, 6.07) is 6.16. The Hall–Kier alpha value is -1.40. The number of anilines is 1. The van der Waals surface area contributed by atoms with Crippen LogP contribution in [0.5, 0.6) is 0 Å². The highest BCUT2D eigenvalue weighted by Crippen LogP contribution is 2.25. The van der Waals surface area contributed by atoms with Crippen molar-refractivity contribution in [2.45, 2.75) is 31.0 Å². The summed E-state index contributed by atoms with van der Waals surface area (Å²) in [5.74, 6) is 0.505. The van der Waals surface area contributed by atoms with E-state index in [1.807, 2.05) is 6.07 Å². The third-order valence-corrected chi connectivity index (χ3v) is 4.90. The van der Waals surface area contributed by atoms with Gasteiger partial charge in [-0.25, -0.2) is 0 Å². The molecule has 0 aliphatic carbocycles. The SMILES string of the molecule is CCc1ccc(CC)c(C(=O)CSc2nnc(N)s2)c1. The van der Waals surface area contributed by atoms with Crippen molar-refractivity contribution in [1.29, 1.82) is 0 Å². The molecule has 106 valence electrons. The van der Waals surface area contributed by atoms with Crippen LogP contribution in [0.1, 0.15) is 35.3 Å². The van der Waals surface area contributed by atoms with E-state index in [9.17, 15) is 4.79 Å². The Morgan fingerprint density at radius 3 is 2.70 bits per heavy atom. The molecule has 0 atom stereocenters. The van der Waals surface area contributed by atoms with Crippen molar-refractivity contribution in [1.82, 2.24) is 10.2 Å². The first kappa shape index (κ1) is 15.0. The summed E-state index contributed by atoms with van der Waals surface area (Å²) in [7, 11) is 0. The molecule has 0 amide bonds. The molecule has 0 spiro atoms. The summed E-state index contributed by atoms with van der Waals surface area (Å²) in [6.07, 6.45) is 1.80. The average Bonchev–Trinajstić information content (AvgIpc) is 2.89. The van der Waals surface area contributed by atoms with Crippen LogP contribution in [-0.2, 0) is 12.8 Å². The lowest BCUT2D eigenvalue weighted by Gasteiger charge is -2.08. The highest BCUT2D eigenvalue weighted by molar-refractivity contribution is 8.01. The normalized spacial score (nSPS) is 10.7. The standard InChI is InChI=1S/C14H17N3OS2/c1-3-9-5-6-10(4-2)11(7-9)12(18)8-19-14-17-16-13(15)20-14/h5-7H,3-4,8H2,1-2H3,(H2,15,16). The van der Waals surface area contributed by atoms with Gasteiger partial charge in [0.25, 0.3) is 0 Å². The molecule has 20 heavy (non-hydrogen) atoms. The van der Waals surface area contributed by atoms with E-state index in [4.69, 9.17) is 5.73 Å². The van der Waals surface area contributed by atoms with Gasteiger partial charge < -0.3 is 5.73 Å². The van der Waals surface area contributed by atoms with E-state index in [2.05, 4.69) is 36.2 Å². The second-order valence-electron chi connectivity index (χ2n) is 4.32. The van der Waals surface area contributed by atoms with Crippen LogP contribution >= 0.6 is 23.1 Å². The molecule has 0 aliphatic heterocycles. The quantitative estimate of drug-likeness (QED) is 0.655. The summed E-state index contributed by atoms with van der Waals surface area (Å²) in [4.78, 5) is 12.4. The molecule has 0 unspecified atom stereocenters. The molecule has 2 N–H and O–H groups in total. The Kier molecular flexibility index (Phi) is 5.14. The number of Topliss-reactive ketones (excluding diaryl/α,β-unsaturated/α-hetero) is 1. The van der Waals surface area contributed by atoms with Gasteiger partial charge in [0.15, 0.2) is 10.1 Å². The van der Waals surface area contributed by atoms with E-state index in [1.165, 1.54) is 28.7 Å². The van der Waals surface area contributed by atoms with Gasteiger partial charge in [0, 0.05) is 5.56 Å². The summed E-state index contributed by atoms with van der Waals surface area (Å²) in [5.41, 5.74) is 8.65. The smallest absolute Gasteiger partial charge is 0.203 e. The lowest BCUT2D eigenvalue weighted by atomic mass is 9.98. The highest BCUT2D eigenvalue weighted by atomic mass is 32.2. The van der Waals surface area contributed by atoms with Crippen LogP contribution in [0.3, 0.4) is 0 Å². The number of ketones is 1. The minimum atomic E-state index is 0.135. The van der Waals surface area contributed by atoms with Gasteiger partial charge in [-0.05, 0) is 30.0 Å².